The Morgan fingerprint density at radius 3 is 1.98 bits per heavy atom. The van der Waals surface area contributed by atoms with Gasteiger partial charge in [0.05, 0.1) is 31.8 Å². The van der Waals surface area contributed by atoms with Gasteiger partial charge in [0.2, 0.25) is 0 Å². The number of halogens is 1. The molecule has 0 amide bonds. The predicted octanol–water partition coefficient (Wildman–Crippen LogP) is 6.75. The second-order valence-electron chi connectivity index (χ2n) is 11.6. The van der Waals surface area contributed by atoms with E-state index >= 15 is 0 Å². The van der Waals surface area contributed by atoms with Gasteiger partial charge in [-0.05, 0) is 74.1 Å². The fourth-order valence-electron chi connectivity index (χ4n) is 4.35. The van der Waals surface area contributed by atoms with Crippen molar-refractivity contribution in [3.8, 4) is 22.6 Å². The van der Waals surface area contributed by atoms with Gasteiger partial charge in [-0.15, -0.1) is 0 Å². The van der Waals surface area contributed by atoms with Crippen LogP contribution in [-0.4, -0.2) is 61.8 Å². The predicted molar refractivity (Wildman–Crippen MR) is 173 cm³/mol. The average molecular weight is 629 g/mol. The number of ether oxygens (including phenoxy) is 4. The van der Waals surface area contributed by atoms with Gasteiger partial charge in [-0.1, -0.05) is 64.3 Å². The number of carbonyl (C=O) groups is 2. The van der Waals surface area contributed by atoms with Crippen LogP contribution in [-0.2, 0) is 25.5 Å². The van der Waals surface area contributed by atoms with Crippen molar-refractivity contribution >= 4 is 11.9 Å². The number of esters is 2. The third-order valence-corrected chi connectivity index (χ3v) is 7.32. The van der Waals surface area contributed by atoms with Crippen molar-refractivity contribution in [3.63, 3.8) is 0 Å². The van der Waals surface area contributed by atoms with Crippen LogP contribution in [0, 0.1) is 11.2 Å². The van der Waals surface area contributed by atoms with Crippen LogP contribution in [0.3, 0.4) is 0 Å². The molecule has 0 aromatic heterocycles. The van der Waals surface area contributed by atoms with Crippen molar-refractivity contribution in [1.82, 2.24) is 0 Å². The third kappa shape index (κ3) is 12.7. The van der Waals surface area contributed by atoms with Crippen molar-refractivity contribution in [2.24, 2.45) is 5.41 Å². The highest BCUT2D eigenvalue weighted by Crippen LogP contribution is 2.32. The molecule has 8 nitrogen and oxygen atoms in total. The Morgan fingerprint density at radius 1 is 0.756 bits per heavy atom. The molecule has 0 fully saturated rings. The maximum Gasteiger partial charge on any atom is 0.333 e. The average Bonchev–Trinajstić information content (AvgIpc) is 3.03. The van der Waals surface area contributed by atoms with E-state index in [1.807, 2.05) is 6.07 Å². The number of aryl methyl sites for hydroxylation is 1. The number of aliphatic hydroxyl groups is 2. The molecule has 0 bridgehead atoms. The standard InChI is InChI=1S/C36H49FO8/c1-6-7-8-9-10-11-18-42-33-17-15-29(21-31(33)37)28-14-16-32(30(20-28)13-12-19-43-34(40)26(2)3)44-24-36(22-38,23-39)25-45-35(41)27(4)5/h14-17,20-21,38-39H,2,4,6-13,18-19,22-25H2,1,3,5H3. The van der Waals surface area contributed by atoms with Gasteiger partial charge in [0, 0.05) is 11.1 Å². The number of hydrogen-bond acceptors (Lipinski definition) is 8. The van der Waals surface area contributed by atoms with Crippen LogP contribution in [0.25, 0.3) is 11.1 Å². The lowest BCUT2D eigenvalue weighted by molar-refractivity contribution is -0.146. The number of benzene rings is 2. The molecular formula is C36H49FO8. The minimum Gasteiger partial charge on any atom is -0.492 e. The first-order chi connectivity index (χ1) is 21.6. The topological polar surface area (TPSA) is 112 Å². The van der Waals surface area contributed by atoms with E-state index in [2.05, 4.69) is 20.1 Å². The zero-order chi connectivity index (χ0) is 33.2. The summed E-state index contributed by atoms with van der Waals surface area (Å²) in [4.78, 5) is 23.7. The summed E-state index contributed by atoms with van der Waals surface area (Å²) in [5, 5.41) is 20.1. The first kappa shape index (κ1) is 37.5. The summed E-state index contributed by atoms with van der Waals surface area (Å²) < 4.78 is 37.2. The molecule has 2 aromatic rings. The Labute approximate surface area is 266 Å². The molecule has 0 atom stereocenters. The molecule has 0 heterocycles. The first-order valence-corrected chi connectivity index (χ1v) is 15.6. The van der Waals surface area contributed by atoms with Gasteiger partial charge in [0.1, 0.15) is 19.0 Å². The number of hydrogen-bond donors (Lipinski definition) is 2. The zero-order valence-electron chi connectivity index (χ0n) is 27.0. The summed E-state index contributed by atoms with van der Waals surface area (Å²) in [7, 11) is 0. The Kier molecular flexibility index (Phi) is 16.4. The van der Waals surface area contributed by atoms with Gasteiger partial charge < -0.3 is 29.2 Å². The third-order valence-electron chi connectivity index (χ3n) is 7.32. The molecule has 0 aliphatic rings. The zero-order valence-corrected chi connectivity index (χ0v) is 27.0. The molecule has 0 radical (unpaired) electrons. The van der Waals surface area contributed by atoms with Gasteiger partial charge >= 0.3 is 11.9 Å². The summed E-state index contributed by atoms with van der Waals surface area (Å²) in [6.07, 6.45) is 7.64. The lowest BCUT2D eigenvalue weighted by Crippen LogP contribution is -2.41. The quantitative estimate of drug-likeness (QED) is 0.0837. The van der Waals surface area contributed by atoms with Gasteiger partial charge in [0.15, 0.2) is 11.6 Å². The van der Waals surface area contributed by atoms with Crippen LogP contribution in [0.2, 0.25) is 0 Å². The number of carbonyl (C=O) groups excluding carboxylic acids is 2. The summed E-state index contributed by atoms with van der Waals surface area (Å²) in [5.74, 6) is -0.895. The normalized spacial score (nSPS) is 11.2. The molecule has 0 saturated heterocycles. The smallest absolute Gasteiger partial charge is 0.333 e. The number of unbranched alkanes of at least 4 members (excludes halogenated alkanes) is 5. The van der Waals surface area contributed by atoms with Crippen LogP contribution in [0.5, 0.6) is 11.5 Å². The fourth-order valence-corrected chi connectivity index (χ4v) is 4.35. The number of aliphatic hydroxyl groups excluding tert-OH is 2. The van der Waals surface area contributed by atoms with E-state index in [4.69, 9.17) is 18.9 Å². The van der Waals surface area contributed by atoms with E-state index < -0.39 is 36.4 Å². The van der Waals surface area contributed by atoms with E-state index in [1.165, 1.54) is 32.3 Å². The van der Waals surface area contributed by atoms with Crippen LogP contribution in [0.1, 0.15) is 71.3 Å². The summed E-state index contributed by atoms with van der Waals surface area (Å²) in [6, 6.07) is 10.2. The molecule has 0 unspecified atom stereocenters. The van der Waals surface area contributed by atoms with E-state index in [1.54, 1.807) is 31.2 Å². The largest absolute Gasteiger partial charge is 0.492 e. The molecule has 0 saturated carbocycles. The van der Waals surface area contributed by atoms with Crippen molar-refractivity contribution in [2.75, 3.05) is 39.6 Å². The van der Waals surface area contributed by atoms with Crippen molar-refractivity contribution in [2.45, 2.75) is 72.1 Å². The summed E-state index contributed by atoms with van der Waals surface area (Å²) >= 11 is 0. The monoisotopic (exact) mass is 628 g/mol. The molecule has 0 aliphatic heterocycles. The molecule has 45 heavy (non-hydrogen) atoms. The first-order valence-electron chi connectivity index (χ1n) is 15.6. The molecule has 2 N–H and O–H groups in total. The highest BCUT2D eigenvalue weighted by Gasteiger charge is 2.32. The highest BCUT2D eigenvalue weighted by molar-refractivity contribution is 5.87. The molecule has 248 valence electrons. The van der Waals surface area contributed by atoms with Gasteiger partial charge in [-0.25, -0.2) is 14.0 Å². The highest BCUT2D eigenvalue weighted by atomic mass is 19.1. The Bertz CT molecular complexity index is 1270. The van der Waals surface area contributed by atoms with E-state index in [9.17, 15) is 24.2 Å². The Balaban J connectivity index is 2.20. The van der Waals surface area contributed by atoms with E-state index in [0.29, 0.717) is 36.3 Å². The van der Waals surface area contributed by atoms with Crippen LogP contribution in [0.15, 0.2) is 60.7 Å². The lowest BCUT2D eigenvalue weighted by Gasteiger charge is -2.29. The molecule has 2 rings (SSSR count). The van der Waals surface area contributed by atoms with Gasteiger partial charge in [-0.2, -0.15) is 0 Å². The minimum atomic E-state index is -1.26. The van der Waals surface area contributed by atoms with Gasteiger partial charge in [-0.3, -0.25) is 0 Å². The summed E-state index contributed by atoms with van der Waals surface area (Å²) in [6.45, 7) is 11.6. The van der Waals surface area contributed by atoms with Crippen LogP contribution >= 0.6 is 0 Å². The summed E-state index contributed by atoms with van der Waals surface area (Å²) in [5.41, 5.74) is 1.37. The maximum atomic E-state index is 15.0. The van der Waals surface area contributed by atoms with E-state index in [-0.39, 0.29) is 31.1 Å². The van der Waals surface area contributed by atoms with Crippen LogP contribution in [0.4, 0.5) is 4.39 Å². The molecular weight excluding hydrogens is 579 g/mol. The van der Waals surface area contributed by atoms with Crippen LogP contribution < -0.4 is 9.47 Å². The molecule has 9 heteroatoms. The Morgan fingerprint density at radius 2 is 1.36 bits per heavy atom. The second-order valence-corrected chi connectivity index (χ2v) is 11.6. The Hall–Kier alpha value is -3.69. The molecule has 2 aromatic carbocycles. The van der Waals surface area contributed by atoms with Crippen molar-refractivity contribution < 1.29 is 43.1 Å². The fraction of sp³-hybridized carbons (Fsp3) is 0.500. The van der Waals surface area contributed by atoms with E-state index in [0.717, 1.165) is 30.4 Å². The van der Waals surface area contributed by atoms with Gasteiger partial charge in [0.25, 0.3) is 0 Å². The SMILES string of the molecule is C=C(C)C(=O)OCCCc1cc(-c2ccc(OCCCCCCCC)c(F)c2)ccc1OCC(CO)(CO)COC(=O)C(=C)C. The maximum absolute atomic E-state index is 15.0. The minimum absolute atomic E-state index is 0.153. The number of rotatable bonds is 22. The second kappa shape index (κ2) is 19.6. The molecule has 0 spiro atoms. The van der Waals surface area contributed by atoms with Crippen molar-refractivity contribution in [1.29, 1.82) is 0 Å². The molecule has 0 aliphatic carbocycles. The lowest BCUT2D eigenvalue weighted by atomic mass is 9.92. The van der Waals surface area contributed by atoms with Crippen molar-refractivity contribution in [3.05, 3.63) is 72.1 Å².